The Balaban J connectivity index is 1.96. The lowest BCUT2D eigenvalue weighted by Crippen LogP contribution is -2.32. The zero-order valence-corrected chi connectivity index (χ0v) is 14.1. The molecule has 2 N–H and O–H groups in total. The Kier molecular flexibility index (Phi) is 5.76. The minimum atomic E-state index is -3.75. The zero-order chi connectivity index (χ0) is 16.9. The number of amides is 1. The van der Waals surface area contributed by atoms with Gasteiger partial charge in [0.1, 0.15) is 0 Å². The highest BCUT2D eigenvalue weighted by atomic mass is 35.5. The Bertz CT molecular complexity index is 789. The van der Waals surface area contributed by atoms with Gasteiger partial charge in [0.25, 0.3) is 0 Å². The van der Waals surface area contributed by atoms with E-state index in [1.54, 1.807) is 6.07 Å². The molecule has 0 unspecified atom stereocenters. The third-order valence-electron chi connectivity index (χ3n) is 3.17. The van der Waals surface area contributed by atoms with Crippen molar-refractivity contribution in [3.8, 4) is 0 Å². The molecule has 0 bridgehead atoms. The van der Waals surface area contributed by atoms with Crippen LogP contribution in [0.1, 0.15) is 12.5 Å². The molecule has 0 atom stereocenters. The van der Waals surface area contributed by atoms with E-state index in [9.17, 15) is 13.2 Å². The van der Waals surface area contributed by atoms with Crippen molar-refractivity contribution in [3.63, 3.8) is 0 Å². The average Bonchev–Trinajstić information content (AvgIpc) is 2.54. The molecule has 0 saturated carbocycles. The number of rotatable bonds is 6. The number of aryl methyl sites for hydroxylation is 1. The predicted octanol–water partition coefficient (Wildman–Crippen LogP) is 2.82. The number of sulfonamides is 1. The van der Waals surface area contributed by atoms with E-state index in [2.05, 4.69) is 10.0 Å². The van der Waals surface area contributed by atoms with Crippen LogP contribution in [0.15, 0.2) is 53.4 Å². The number of carbonyl (C=O) groups excluding carboxylic acids is 1. The molecule has 23 heavy (non-hydrogen) atoms. The third-order valence-corrected chi connectivity index (χ3v) is 4.83. The van der Waals surface area contributed by atoms with Crippen molar-refractivity contribution < 1.29 is 13.2 Å². The second-order valence-corrected chi connectivity index (χ2v) is 7.08. The van der Waals surface area contributed by atoms with Crippen molar-refractivity contribution in [2.45, 2.75) is 18.2 Å². The van der Waals surface area contributed by atoms with E-state index < -0.39 is 15.9 Å². The van der Waals surface area contributed by atoms with Gasteiger partial charge in [0, 0.05) is 10.7 Å². The van der Waals surface area contributed by atoms with Gasteiger partial charge in [-0.3, -0.25) is 4.79 Å². The highest BCUT2D eigenvalue weighted by molar-refractivity contribution is 7.89. The molecule has 0 saturated heterocycles. The summed E-state index contributed by atoms with van der Waals surface area (Å²) in [4.78, 5) is 11.9. The van der Waals surface area contributed by atoms with E-state index in [1.165, 1.54) is 24.3 Å². The molecule has 5 nitrogen and oxygen atoms in total. The summed E-state index contributed by atoms with van der Waals surface area (Å²) >= 11 is 5.72. The maximum atomic E-state index is 12.1. The molecule has 0 aliphatic carbocycles. The highest BCUT2D eigenvalue weighted by Crippen LogP contribution is 2.14. The molecule has 2 rings (SSSR count). The van der Waals surface area contributed by atoms with Gasteiger partial charge in [-0.25, -0.2) is 13.1 Å². The molecule has 2 aromatic rings. The van der Waals surface area contributed by atoms with Crippen molar-refractivity contribution >= 4 is 33.2 Å². The van der Waals surface area contributed by atoms with E-state index >= 15 is 0 Å². The first-order valence-corrected chi connectivity index (χ1v) is 8.91. The SMILES string of the molecule is CCc1cccc(NC(=O)CNS(=O)(=O)c2ccc(Cl)cc2)c1. The first kappa shape index (κ1) is 17.5. The van der Waals surface area contributed by atoms with E-state index in [0.29, 0.717) is 10.7 Å². The van der Waals surface area contributed by atoms with Gasteiger partial charge in [0.05, 0.1) is 11.4 Å². The third kappa shape index (κ3) is 5.06. The van der Waals surface area contributed by atoms with Crippen LogP contribution < -0.4 is 10.0 Å². The summed E-state index contributed by atoms with van der Waals surface area (Å²) in [6, 6.07) is 13.1. The maximum absolute atomic E-state index is 12.1. The summed E-state index contributed by atoms with van der Waals surface area (Å²) in [6.07, 6.45) is 0.854. The summed E-state index contributed by atoms with van der Waals surface area (Å²) < 4.78 is 26.4. The second kappa shape index (κ2) is 7.59. The molecule has 0 aliphatic heterocycles. The van der Waals surface area contributed by atoms with Gasteiger partial charge in [-0.05, 0) is 48.4 Å². The molecule has 1 amide bonds. The summed E-state index contributed by atoms with van der Waals surface area (Å²) in [6.45, 7) is 1.67. The van der Waals surface area contributed by atoms with Crippen molar-refractivity contribution in [2.75, 3.05) is 11.9 Å². The van der Waals surface area contributed by atoms with E-state index in [-0.39, 0.29) is 11.4 Å². The van der Waals surface area contributed by atoms with Crippen molar-refractivity contribution in [1.29, 1.82) is 0 Å². The topological polar surface area (TPSA) is 75.3 Å². The number of carbonyl (C=O) groups is 1. The molecular formula is C16H17ClN2O3S. The molecule has 0 spiro atoms. The van der Waals surface area contributed by atoms with Crippen LogP contribution in [0.3, 0.4) is 0 Å². The Morgan fingerprint density at radius 3 is 2.48 bits per heavy atom. The molecule has 7 heteroatoms. The molecule has 122 valence electrons. The molecular weight excluding hydrogens is 336 g/mol. The molecule has 0 radical (unpaired) electrons. The quantitative estimate of drug-likeness (QED) is 0.839. The smallest absolute Gasteiger partial charge is 0.241 e. The average molecular weight is 353 g/mol. The van der Waals surface area contributed by atoms with Crippen LogP contribution in [0.4, 0.5) is 5.69 Å². The molecule has 2 aromatic carbocycles. The van der Waals surface area contributed by atoms with Crippen LogP contribution in [-0.2, 0) is 21.2 Å². The maximum Gasteiger partial charge on any atom is 0.241 e. The van der Waals surface area contributed by atoms with Crippen LogP contribution >= 0.6 is 11.6 Å². The Hall–Kier alpha value is -1.89. The summed E-state index contributed by atoms with van der Waals surface area (Å²) in [5.74, 6) is -0.434. The lowest BCUT2D eigenvalue weighted by molar-refractivity contribution is -0.115. The minimum absolute atomic E-state index is 0.0580. The number of anilines is 1. The number of hydrogen-bond acceptors (Lipinski definition) is 3. The largest absolute Gasteiger partial charge is 0.325 e. The zero-order valence-electron chi connectivity index (χ0n) is 12.5. The summed E-state index contributed by atoms with van der Waals surface area (Å²) in [7, 11) is -3.75. The standard InChI is InChI=1S/C16H17ClN2O3S/c1-2-12-4-3-5-14(10-12)19-16(20)11-18-23(21,22)15-8-6-13(17)7-9-15/h3-10,18H,2,11H2,1H3,(H,19,20). The van der Waals surface area contributed by atoms with Gasteiger partial charge in [0.2, 0.25) is 15.9 Å². The second-order valence-electron chi connectivity index (χ2n) is 4.88. The van der Waals surface area contributed by atoms with Gasteiger partial charge in [-0.15, -0.1) is 0 Å². The van der Waals surface area contributed by atoms with Gasteiger partial charge in [-0.1, -0.05) is 30.7 Å². The van der Waals surface area contributed by atoms with E-state index in [0.717, 1.165) is 12.0 Å². The Labute approximate surface area is 140 Å². The van der Waals surface area contributed by atoms with Crippen molar-refractivity contribution in [1.82, 2.24) is 4.72 Å². The minimum Gasteiger partial charge on any atom is -0.325 e. The van der Waals surface area contributed by atoms with E-state index in [4.69, 9.17) is 11.6 Å². The fraction of sp³-hybridized carbons (Fsp3) is 0.188. The lowest BCUT2D eigenvalue weighted by Gasteiger charge is -2.09. The fourth-order valence-electron chi connectivity index (χ4n) is 1.93. The summed E-state index contributed by atoms with van der Waals surface area (Å²) in [5.41, 5.74) is 1.73. The van der Waals surface area contributed by atoms with Gasteiger partial charge < -0.3 is 5.32 Å². The van der Waals surface area contributed by atoms with Crippen molar-refractivity contribution in [3.05, 3.63) is 59.1 Å². The normalized spacial score (nSPS) is 11.2. The Morgan fingerprint density at radius 2 is 1.83 bits per heavy atom. The summed E-state index contributed by atoms with van der Waals surface area (Å²) in [5, 5.41) is 3.10. The van der Waals surface area contributed by atoms with Gasteiger partial charge >= 0.3 is 0 Å². The number of nitrogens with one attached hydrogen (secondary N) is 2. The first-order chi connectivity index (χ1) is 10.9. The first-order valence-electron chi connectivity index (χ1n) is 7.05. The molecule has 0 fully saturated rings. The lowest BCUT2D eigenvalue weighted by atomic mass is 10.1. The van der Waals surface area contributed by atoms with Crippen LogP contribution in [0.2, 0.25) is 5.02 Å². The molecule has 0 aromatic heterocycles. The molecule has 0 heterocycles. The number of benzene rings is 2. The Morgan fingerprint density at radius 1 is 1.13 bits per heavy atom. The van der Waals surface area contributed by atoms with E-state index in [1.807, 2.05) is 25.1 Å². The fourth-order valence-corrected chi connectivity index (χ4v) is 3.04. The monoisotopic (exact) mass is 352 g/mol. The predicted molar refractivity (Wildman–Crippen MR) is 91.1 cm³/mol. The van der Waals surface area contributed by atoms with Gasteiger partial charge in [0.15, 0.2) is 0 Å². The van der Waals surface area contributed by atoms with Crippen LogP contribution in [0.5, 0.6) is 0 Å². The van der Waals surface area contributed by atoms with Crippen LogP contribution in [0.25, 0.3) is 0 Å². The van der Waals surface area contributed by atoms with Crippen LogP contribution in [0, 0.1) is 0 Å². The number of halogens is 1. The highest BCUT2D eigenvalue weighted by Gasteiger charge is 2.15. The van der Waals surface area contributed by atoms with Crippen LogP contribution in [-0.4, -0.2) is 20.9 Å². The number of hydrogen-bond donors (Lipinski definition) is 2. The van der Waals surface area contributed by atoms with Gasteiger partial charge in [-0.2, -0.15) is 0 Å². The van der Waals surface area contributed by atoms with Crippen molar-refractivity contribution in [2.24, 2.45) is 0 Å². The molecule has 0 aliphatic rings.